The van der Waals surface area contributed by atoms with Gasteiger partial charge in [-0.3, -0.25) is 20.2 Å². The lowest BCUT2D eigenvalue weighted by Crippen LogP contribution is -2.51. The molecule has 6 heteroatoms. The first-order valence-corrected chi connectivity index (χ1v) is 3.63. The van der Waals surface area contributed by atoms with Gasteiger partial charge in [0.1, 0.15) is 11.8 Å². The molecule has 0 aromatic rings. The summed E-state index contributed by atoms with van der Waals surface area (Å²) in [6, 6.07) is -0.816. The molecule has 0 spiro atoms. The van der Waals surface area contributed by atoms with Crippen molar-refractivity contribution >= 4 is 17.8 Å². The lowest BCUT2D eigenvalue weighted by atomic mass is 10.2. The summed E-state index contributed by atoms with van der Waals surface area (Å²) in [7, 11) is 0. The lowest BCUT2D eigenvalue weighted by molar-refractivity contribution is -0.124. The van der Waals surface area contributed by atoms with Crippen LogP contribution in [0.2, 0.25) is 0 Å². The lowest BCUT2D eigenvalue weighted by Gasteiger charge is -2.13. The Labute approximate surface area is 73.9 Å². The molecule has 4 amide bonds. The molecule has 0 saturated carbocycles. The van der Waals surface area contributed by atoms with Gasteiger partial charge in [-0.2, -0.15) is 0 Å². The van der Waals surface area contributed by atoms with Crippen LogP contribution in [0.1, 0.15) is 6.92 Å². The molecule has 70 valence electrons. The minimum atomic E-state index is -0.816. The van der Waals surface area contributed by atoms with Crippen molar-refractivity contribution in [1.82, 2.24) is 10.6 Å². The number of nitrogens with one attached hydrogen (secondary N) is 2. The summed E-state index contributed by atoms with van der Waals surface area (Å²) in [5, 5.41) is 3.82. The highest BCUT2D eigenvalue weighted by atomic mass is 16.5. The van der Waals surface area contributed by atoms with Gasteiger partial charge in [-0.05, 0) is 6.92 Å². The van der Waals surface area contributed by atoms with Crippen LogP contribution >= 0.6 is 0 Å². The van der Waals surface area contributed by atoms with Gasteiger partial charge in [0.05, 0.1) is 6.61 Å². The summed E-state index contributed by atoms with van der Waals surface area (Å²) < 4.78 is 4.75. The van der Waals surface area contributed by atoms with Crippen molar-refractivity contribution < 1.29 is 19.1 Å². The van der Waals surface area contributed by atoms with E-state index in [0.717, 1.165) is 6.26 Å². The number of hydrogen-bond donors (Lipinski definition) is 2. The minimum absolute atomic E-state index is 0.207. The summed E-state index contributed by atoms with van der Waals surface area (Å²) in [6.45, 7) is 2.05. The van der Waals surface area contributed by atoms with Gasteiger partial charge >= 0.3 is 6.03 Å². The fraction of sp³-hybridized carbons (Fsp3) is 0.286. The largest absolute Gasteiger partial charge is 0.500 e. The van der Waals surface area contributed by atoms with Crippen LogP contribution in [0.5, 0.6) is 0 Å². The number of carbonyl (C=O) groups excluding carboxylic acids is 3. The summed E-state index contributed by atoms with van der Waals surface area (Å²) in [5.74, 6) is -1.50. The Morgan fingerprint density at radius 3 is 2.23 bits per heavy atom. The van der Waals surface area contributed by atoms with E-state index in [4.69, 9.17) is 4.74 Å². The summed E-state index contributed by atoms with van der Waals surface area (Å²) in [4.78, 5) is 32.5. The molecule has 0 bridgehead atoms. The fourth-order valence-electron chi connectivity index (χ4n) is 0.749. The number of barbiturate groups is 1. The van der Waals surface area contributed by atoms with Crippen LogP contribution in [-0.2, 0) is 14.3 Å². The average molecular weight is 184 g/mol. The molecule has 0 unspecified atom stereocenters. The second-order valence-electron chi connectivity index (χ2n) is 2.22. The Balaban J connectivity index is 2.78. The monoisotopic (exact) mass is 184 g/mol. The topological polar surface area (TPSA) is 84.5 Å². The molecule has 0 aliphatic carbocycles. The molecule has 0 aromatic carbocycles. The van der Waals surface area contributed by atoms with E-state index < -0.39 is 17.8 Å². The Morgan fingerprint density at radius 2 is 1.77 bits per heavy atom. The highest BCUT2D eigenvalue weighted by Gasteiger charge is 2.28. The minimum Gasteiger partial charge on any atom is -0.500 e. The SMILES string of the molecule is CCOC=C1C(=O)NC(=O)NC1=O. The highest BCUT2D eigenvalue weighted by Crippen LogP contribution is 2.00. The maximum absolute atomic E-state index is 11.0. The highest BCUT2D eigenvalue weighted by molar-refractivity contribution is 6.28. The van der Waals surface area contributed by atoms with E-state index in [9.17, 15) is 14.4 Å². The van der Waals surface area contributed by atoms with Crippen molar-refractivity contribution in [3.05, 3.63) is 11.8 Å². The Hall–Kier alpha value is -1.85. The third-order valence-electron chi connectivity index (χ3n) is 1.31. The van der Waals surface area contributed by atoms with Gasteiger partial charge in [0, 0.05) is 0 Å². The van der Waals surface area contributed by atoms with Crippen LogP contribution in [0.4, 0.5) is 4.79 Å². The molecule has 0 aromatic heterocycles. The first-order chi connectivity index (χ1) is 6.15. The molecule has 1 fully saturated rings. The van der Waals surface area contributed by atoms with E-state index in [2.05, 4.69) is 0 Å². The molecule has 1 aliphatic heterocycles. The molecule has 1 rings (SSSR count). The van der Waals surface area contributed by atoms with E-state index in [1.807, 2.05) is 10.6 Å². The number of urea groups is 1. The van der Waals surface area contributed by atoms with Gasteiger partial charge in [0.15, 0.2) is 0 Å². The van der Waals surface area contributed by atoms with Gasteiger partial charge in [-0.1, -0.05) is 0 Å². The summed E-state index contributed by atoms with van der Waals surface area (Å²) in [6.07, 6.45) is 1.02. The van der Waals surface area contributed by atoms with Gasteiger partial charge in [-0.15, -0.1) is 0 Å². The number of carbonyl (C=O) groups is 3. The van der Waals surface area contributed by atoms with Gasteiger partial charge in [-0.25, -0.2) is 4.79 Å². The number of hydrogen-bond acceptors (Lipinski definition) is 4. The Bertz CT molecular complexity index is 273. The van der Waals surface area contributed by atoms with Crippen molar-refractivity contribution in [3.8, 4) is 0 Å². The van der Waals surface area contributed by atoms with Gasteiger partial charge in [0.2, 0.25) is 0 Å². The van der Waals surface area contributed by atoms with Crippen molar-refractivity contribution in [1.29, 1.82) is 0 Å². The van der Waals surface area contributed by atoms with Crippen LogP contribution in [0.3, 0.4) is 0 Å². The van der Waals surface area contributed by atoms with E-state index in [-0.39, 0.29) is 5.57 Å². The molecule has 13 heavy (non-hydrogen) atoms. The van der Waals surface area contributed by atoms with Crippen LogP contribution in [0.15, 0.2) is 11.8 Å². The van der Waals surface area contributed by atoms with Crippen LogP contribution < -0.4 is 10.6 Å². The standard InChI is InChI=1S/C7H8N2O4/c1-2-13-3-4-5(10)8-7(12)9-6(4)11/h3H,2H2,1H3,(H2,8,9,10,11,12). The summed E-state index contributed by atoms with van der Waals surface area (Å²) >= 11 is 0. The third kappa shape index (κ3) is 2.05. The number of rotatable bonds is 2. The first-order valence-electron chi connectivity index (χ1n) is 3.63. The predicted molar refractivity (Wildman–Crippen MR) is 41.4 cm³/mol. The molecule has 1 heterocycles. The molecular weight excluding hydrogens is 176 g/mol. The fourth-order valence-corrected chi connectivity index (χ4v) is 0.749. The smallest absolute Gasteiger partial charge is 0.328 e. The molecule has 0 radical (unpaired) electrons. The number of imide groups is 2. The Morgan fingerprint density at radius 1 is 1.23 bits per heavy atom. The maximum atomic E-state index is 11.0. The number of ether oxygens (including phenoxy) is 1. The Kier molecular flexibility index (Phi) is 2.63. The van der Waals surface area contributed by atoms with E-state index >= 15 is 0 Å². The number of amides is 4. The zero-order chi connectivity index (χ0) is 9.84. The molecule has 1 saturated heterocycles. The molecule has 2 N–H and O–H groups in total. The van der Waals surface area contributed by atoms with Crippen LogP contribution in [-0.4, -0.2) is 24.5 Å². The van der Waals surface area contributed by atoms with E-state index in [1.165, 1.54) is 0 Å². The van der Waals surface area contributed by atoms with Crippen molar-refractivity contribution in [2.45, 2.75) is 6.92 Å². The van der Waals surface area contributed by atoms with Crippen LogP contribution in [0.25, 0.3) is 0 Å². The van der Waals surface area contributed by atoms with E-state index in [0.29, 0.717) is 6.61 Å². The molecule has 0 atom stereocenters. The zero-order valence-electron chi connectivity index (χ0n) is 6.92. The second kappa shape index (κ2) is 3.70. The van der Waals surface area contributed by atoms with E-state index in [1.54, 1.807) is 6.92 Å². The molecule has 1 aliphatic rings. The zero-order valence-corrected chi connectivity index (χ0v) is 6.92. The van der Waals surface area contributed by atoms with Gasteiger partial charge in [0.25, 0.3) is 11.8 Å². The predicted octanol–water partition coefficient (Wildman–Crippen LogP) is -0.727. The van der Waals surface area contributed by atoms with Gasteiger partial charge < -0.3 is 4.74 Å². The van der Waals surface area contributed by atoms with Crippen molar-refractivity contribution in [3.63, 3.8) is 0 Å². The van der Waals surface area contributed by atoms with Crippen molar-refractivity contribution in [2.75, 3.05) is 6.61 Å². The molecule has 6 nitrogen and oxygen atoms in total. The quantitative estimate of drug-likeness (QED) is 0.336. The van der Waals surface area contributed by atoms with Crippen molar-refractivity contribution in [2.24, 2.45) is 0 Å². The molecular formula is C7H8N2O4. The third-order valence-corrected chi connectivity index (χ3v) is 1.31. The maximum Gasteiger partial charge on any atom is 0.328 e. The normalized spacial score (nSPS) is 16.4. The average Bonchev–Trinajstić information content (AvgIpc) is 2.02. The second-order valence-corrected chi connectivity index (χ2v) is 2.22. The summed E-state index contributed by atoms with van der Waals surface area (Å²) in [5.41, 5.74) is -0.207. The van der Waals surface area contributed by atoms with Crippen LogP contribution in [0, 0.1) is 0 Å². The first kappa shape index (κ1) is 9.24.